The molecular formula is C15H12Cl2O2. The standard InChI is InChI=1S/C15H12Cl2O2/c16-12-5-7-13(8-6-12)19-14-3-1-2-11(10-14)4-9-15(17)18/h1-3,5-8,10H,4,9H2. The molecular weight excluding hydrogens is 283 g/mol. The van der Waals surface area contributed by atoms with E-state index >= 15 is 0 Å². The van der Waals surface area contributed by atoms with E-state index in [0.29, 0.717) is 17.9 Å². The number of rotatable bonds is 5. The molecule has 4 heteroatoms. The second-order valence-electron chi connectivity index (χ2n) is 4.06. The Hall–Kier alpha value is -1.51. The molecule has 0 fully saturated rings. The minimum Gasteiger partial charge on any atom is -0.457 e. The van der Waals surface area contributed by atoms with Crippen LogP contribution >= 0.6 is 23.2 Å². The third-order valence-corrected chi connectivity index (χ3v) is 3.00. The van der Waals surface area contributed by atoms with Crippen LogP contribution in [0.3, 0.4) is 0 Å². The lowest BCUT2D eigenvalue weighted by Gasteiger charge is -2.07. The van der Waals surface area contributed by atoms with Crippen LogP contribution < -0.4 is 4.74 Å². The number of ether oxygens (including phenoxy) is 1. The van der Waals surface area contributed by atoms with Crippen LogP contribution in [0.25, 0.3) is 0 Å². The molecule has 2 rings (SSSR count). The number of halogens is 2. The Balaban J connectivity index is 2.06. The van der Waals surface area contributed by atoms with Crippen molar-refractivity contribution in [2.45, 2.75) is 12.8 Å². The predicted octanol–water partition coefficient (Wildman–Crippen LogP) is 4.83. The average Bonchev–Trinajstić information content (AvgIpc) is 2.40. The number of benzene rings is 2. The molecule has 19 heavy (non-hydrogen) atoms. The van der Waals surface area contributed by atoms with Gasteiger partial charge in [0.1, 0.15) is 11.5 Å². The summed E-state index contributed by atoms with van der Waals surface area (Å²) in [6.07, 6.45) is 0.937. The molecule has 2 aromatic rings. The number of carbonyl (C=O) groups excluding carboxylic acids is 1. The monoisotopic (exact) mass is 294 g/mol. The molecule has 0 aromatic heterocycles. The summed E-state index contributed by atoms with van der Waals surface area (Å²) >= 11 is 11.1. The molecule has 0 unspecified atom stereocenters. The van der Waals surface area contributed by atoms with E-state index in [-0.39, 0.29) is 5.24 Å². The lowest BCUT2D eigenvalue weighted by atomic mass is 10.1. The number of carbonyl (C=O) groups is 1. The topological polar surface area (TPSA) is 26.3 Å². The number of hydrogen-bond acceptors (Lipinski definition) is 2. The Bertz CT molecular complexity index is 565. The summed E-state index contributed by atoms with van der Waals surface area (Å²) in [6, 6.07) is 14.7. The third kappa shape index (κ3) is 4.58. The zero-order valence-corrected chi connectivity index (χ0v) is 11.6. The van der Waals surface area contributed by atoms with E-state index in [1.54, 1.807) is 24.3 Å². The summed E-state index contributed by atoms with van der Waals surface area (Å²) in [5.74, 6) is 1.44. The Kier molecular flexibility index (Phi) is 4.83. The lowest BCUT2D eigenvalue weighted by Crippen LogP contribution is -1.92. The maximum absolute atomic E-state index is 10.7. The maximum atomic E-state index is 10.7. The minimum atomic E-state index is -0.330. The van der Waals surface area contributed by atoms with Crippen molar-refractivity contribution in [1.82, 2.24) is 0 Å². The van der Waals surface area contributed by atoms with Crippen LogP contribution in [0.4, 0.5) is 0 Å². The SMILES string of the molecule is O=C(Cl)CCc1cccc(Oc2ccc(Cl)cc2)c1. The van der Waals surface area contributed by atoms with Crippen molar-refractivity contribution in [2.75, 3.05) is 0 Å². The molecule has 0 aliphatic rings. The molecule has 98 valence electrons. The van der Waals surface area contributed by atoms with Crippen molar-refractivity contribution < 1.29 is 9.53 Å². The van der Waals surface area contributed by atoms with Crippen LogP contribution in [0.15, 0.2) is 48.5 Å². The fraction of sp³-hybridized carbons (Fsp3) is 0.133. The van der Waals surface area contributed by atoms with Gasteiger partial charge in [0.05, 0.1) is 0 Å². The summed E-state index contributed by atoms with van der Waals surface area (Å²) in [7, 11) is 0. The van der Waals surface area contributed by atoms with Crippen molar-refractivity contribution in [2.24, 2.45) is 0 Å². The van der Waals surface area contributed by atoms with Gasteiger partial charge in [0.2, 0.25) is 5.24 Å². The molecule has 0 saturated carbocycles. The summed E-state index contributed by atoms with van der Waals surface area (Å²) in [6.45, 7) is 0. The zero-order chi connectivity index (χ0) is 13.7. The highest BCUT2D eigenvalue weighted by molar-refractivity contribution is 6.63. The van der Waals surface area contributed by atoms with Gasteiger partial charge in [0.15, 0.2) is 0 Å². The van der Waals surface area contributed by atoms with E-state index in [2.05, 4.69) is 0 Å². The molecule has 0 amide bonds. The molecule has 0 bridgehead atoms. The highest BCUT2D eigenvalue weighted by Crippen LogP contribution is 2.24. The zero-order valence-electron chi connectivity index (χ0n) is 10.1. The number of aryl methyl sites for hydroxylation is 1. The molecule has 0 spiro atoms. The molecule has 0 heterocycles. The van der Waals surface area contributed by atoms with Gasteiger partial charge in [0, 0.05) is 11.4 Å². The maximum Gasteiger partial charge on any atom is 0.221 e. The molecule has 0 aliphatic heterocycles. The van der Waals surface area contributed by atoms with Crippen LogP contribution in [0, 0.1) is 0 Å². The Labute approximate surface area is 121 Å². The van der Waals surface area contributed by atoms with E-state index in [1.807, 2.05) is 24.3 Å². The quantitative estimate of drug-likeness (QED) is 0.738. The minimum absolute atomic E-state index is 0.325. The van der Waals surface area contributed by atoms with E-state index in [4.69, 9.17) is 27.9 Å². The second kappa shape index (κ2) is 6.60. The van der Waals surface area contributed by atoms with E-state index in [9.17, 15) is 4.79 Å². The van der Waals surface area contributed by atoms with Gasteiger partial charge in [-0.3, -0.25) is 4.79 Å². The van der Waals surface area contributed by atoms with Crippen LogP contribution in [-0.4, -0.2) is 5.24 Å². The first kappa shape index (κ1) is 13.9. The van der Waals surface area contributed by atoms with Gasteiger partial charge >= 0.3 is 0 Å². The lowest BCUT2D eigenvalue weighted by molar-refractivity contribution is -0.111. The average molecular weight is 295 g/mol. The second-order valence-corrected chi connectivity index (χ2v) is 4.92. The Morgan fingerprint density at radius 1 is 1.05 bits per heavy atom. The molecule has 2 nitrogen and oxygen atoms in total. The Morgan fingerprint density at radius 3 is 2.47 bits per heavy atom. The first-order valence-corrected chi connectivity index (χ1v) is 6.60. The molecule has 0 saturated heterocycles. The molecule has 0 radical (unpaired) electrons. The van der Waals surface area contributed by atoms with Gasteiger partial charge in [-0.1, -0.05) is 23.7 Å². The molecule has 0 atom stereocenters. The summed E-state index contributed by atoms with van der Waals surface area (Å²) < 4.78 is 5.70. The third-order valence-electron chi connectivity index (χ3n) is 2.56. The first-order chi connectivity index (χ1) is 9.13. The van der Waals surface area contributed by atoms with Crippen LogP contribution in [0.5, 0.6) is 11.5 Å². The molecule has 0 aliphatic carbocycles. The van der Waals surface area contributed by atoms with Crippen molar-refractivity contribution in [1.29, 1.82) is 0 Å². The van der Waals surface area contributed by atoms with Gasteiger partial charge in [-0.15, -0.1) is 0 Å². The summed E-state index contributed by atoms with van der Waals surface area (Å²) in [5, 5.41) is 0.339. The van der Waals surface area contributed by atoms with Gasteiger partial charge in [-0.05, 0) is 60.0 Å². The predicted molar refractivity (Wildman–Crippen MR) is 77.1 cm³/mol. The van der Waals surface area contributed by atoms with Gasteiger partial charge in [-0.2, -0.15) is 0 Å². The van der Waals surface area contributed by atoms with Crippen molar-refractivity contribution in [3.8, 4) is 11.5 Å². The normalized spacial score (nSPS) is 10.2. The summed E-state index contributed by atoms with van der Waals surface area (Å²) in [5.41, 5.74) is 1.01. The molecule has 2 aromatic carbocycles. The fourth-order valence-electron chi connectivity index (χ4n) is 1.65. The van der Waals surface area contributed by atoms with Crippen molar-refractivity contribution >= 4 is 28.4 Å². The van der Waals surface area contributed by atoms with Gasteiger partial charge in [-0.25, -0.2) is 0 Å². The first-order valence-electron chi connectivity index (χ1n) is 5.84. The van der Waals surface area contributed by atoms with Crippen molar-refractivity contribution in [3.63, 3.8) is 0 Å². The smallest absolute Gasteiger partial charge is 0.221 e. The largest absolute Gasteiger partial charge is 0.457 e. The molecule has 0 N–H and O–H groups in total. The van der Waals surface area contributed by atoms with Gasteiger partial charge in [0.25, 0.3) is 0 Å². The fourth-order valence-corrected chi connectivity index (χ4v) is 1.87. The van der Waals surface area contributed by atoms with Crippen molar-refractivity contribution in [3.05, 3.63) is 59.1 Å². The number of hydrogen-bond donors (Lipinski definition) is 0. The van der Waals surface area contributed by atoms with E-state index in [1.165, 1.54) is 0 Å². The van der Waals surface area contributed by atoms with E-state index < -0.39 is 0 Å². The summed E-state index contributed by atoms with van der Waals surface area (Å²) in [4.78, 5) is 10.7. The Morgan fingerprint density at radius 2 is 1.79 bits per heavy atom. The van der Waals surface area contributed by atoms with Gasteiger partial charge < -0.3 is 4.74 Å². The van der Waals surface area contributed by atoms with Crippen LogP contribution in [0.1, 0.15) is 12.0 Å². The highest BCUT2D eigenvalue weighted by Gasteiger charge is 2.02. The van der Waals surface area contributed by atoms with E-state index in [0.717, 1.165) is 17.1 Å². The van der Waals surface area contributed by atoms with Crippen LogP contribution in [0.2, 0.25) is 5.02 Å². The highest BCUT2D eigenvalue weighted by atomic mass is 35.5. The van der Waals surface area contributed by atoms with Crippen LogP contribution in [-0.2, 0) is 11.2 Å².